The highest BCUT2D eigenvalue weighted by Crippen LogP contribution is 2.27. The van der Waals surface area contributed by atoms with E-state index in [2.05, 4.69) is 4.98 Å². The van der Waals surface area contributed by atoms with Gasteiger partial charge in [-0.25, -0.2) is 9.78 Å². The van der Waals surface area contributed by atoms with Gasteiger partial charge in [-0.05, 0) is 23.8 Å². The topological polar surface area (TPSA) is 48.4 Å². The highest BCUT2D eigenvalue weighted by Gasteiger charge is 2.11. The first-order valence-electron chi connectivity index (χ1n) is 6.03. The van der Waals surface area contributed by atoms with Crippen molar-refractivity contribution in [1.29, 1.82) is 0 Å². The molecule has 0 radical (unpaired) electrons. The Morgan fingerprint density at radius 2 is 2.05 bits per heavy atom. The van der Waals surface area contributed by atoms with Crippen molar-refractivity contribution < 1.29 is 14.3 Å². The van der Waals surface area contributed by atoms with Crippen LogP contribution in [0.25, 0.3) is 0 Å². The summed E-state index contributed by atoms with van der Waals surface area (Å²) < 4.78 is 9.87. The highest BCUT2D eigenvalue weighted by molar-refractivity contribution is 7.98. The number of nitrogens with zero attached hydrogens (tertiary/aromatic N) is 1. The maximum Gasteiger partial charge on any atom is 0.338 e. The van der Waals surface area contributed by atoms with Gasteiger partial charge in [-0.2, -0.15) is 0 Å². The lowest BCUT2D eigenvalue weighted by Gasteiger charge is -2.08. The SMILES string of the molecule is COC(=O)c1ccccc1SCc1ccnc(OC)c1. The largest absolute Gasteiger partial charge is 0.481 e. The van der Waals surface area contributed by atoms with Gasteiger partial charge in [0, 0.05) is 22.9 Å². The summed E-state index contributed by atoms with van der Waals surface area (Å²) in [5.74, 6) is 0.997. The number of hydrogen-bond acceptors (Lipinski definition) is 5. The van der Waals surface area contributed by atoms with E-state index in [9.17, 15) is 4.79 Å². The summed E-state index contributed by atoms with van der Waals surface area (Å²) in [5, 5.41) is 0. The lowest BCUT2D eigenvalue weighted by atomic mass is 10.2. The average Bonchev–Trinajstić information content (AvgIpc) is 2.52. The van der Waals surface area contributed by atoms with Crippen LogP contribution in [0.3, 0.4) is 0 Å². The number of carbonyl (C=O) groups is 1. The van der Waals surface area contributed by atoms with E-state index in [-0.39, 0.29) is 5.97 Å². The molecule has 0 saturated carbocycles. The molecule has 0 aliphatic heterocycles. The summed E-state index contributed by atoms with van der Waals surface area (Å²) >= 11 is 1.58. The van der Waals surface area contributed by atoms with Gasteiger partial charge in [0.25, 0.3) is 0 Å². The molecule has 0 N–H and O–H groups in total. The van der Waals surface area contributed by atoms with Crippen LogP contribution in [0, 0.1) is 0 Å². The number of esters is 1. The van der Waals surface area contributed by atoms with Crippen molar-refractivity contribution in [2.75, 3.05) is 14.2 Å². The van der Waals surface area contributed by atoms with Crippen LogP contribution >= 0.6 is 11.8 Å². The number of hydrogen-bond donors (Lipinski definition) is 0. The van der Waals surface area contributed by atoms with Crippen LogP contribution in [0.5, 0.6) is 5.88 Å². The van der Waals surface area contributed by atoms with Crippen molar-refractivity contribution in [2.45, 2.75) is 10.6 Å². The van der Waals surface area contributed by atoms with Gasteiger partial charge in [-0.1, -0.05) is 12.1 Å². The first-order valence-corrected chi connectivity index (χ1v) is 7.02. The van der Waals surface area contributed by atoms with Crippen LogP contribution < -0.4 is 4.74 Å². The number of aromatic nitrogens is 1. The van der Waals surface area contributed by atoms with Gasteiger partial charge in [-0.3, -0.25) is 0 Å². The smallest absolute Gasteiger partial charge is 0.338 e. The lowest BCUT2D eigenvalue weighted by molar-refractivity contribution is 0.0597. The Kier molecular flexibility index (Phi) is 5.01. The van der Waals surface area contributed by atoms with Gasteiger partial charge >= 0.3 is 5.97 Å². The van der Waals surface area contributed by atoms with Crippen molar-refractivity contribution in [1.82, 2.24) is 4.98 Å². The minimum Gasteiger partial charge on any atom is -0.481 e. The van der Waals surface area contributed by atoms with Crippen LogP contribution in [-0.2, 0) is 10.5 Å². The molecule has 2 aromatic rings. The molecule has 0 bridgehead atoms. The summed E-state index contributed by atoms with van der Waals surface area (Å²) in [6, 6.07) is 11.2. The highest BCUT2D eigenvalue weighted by atomic mass is 32.2. The van der Waals surface area contributed by atoms with Crippen molar-refractivity contribution in [3.05, 3.63) is 53.7 Å². The molecule has 0 aliphatic rings. The molecule has 1 aromatic heterocycles. The first kappa shape index (κ1) is 14.4. The molecule has 20 heavy (non-hydrogen) atoms. The number of pyridine rings is 1. The van der Waals surface area contributed by atoms with Gasteiger partial charge in [-0.15, -0.1) is 11.8 Å². The number of thioether (sulfide) groups is 1. The Labute approximate surface area is 122 Å². The zero-order valence-electron chi connectivity index (χ0n) is 11.3. The Morgan fingerprint density at radius 1 is 1.25 bits per heavy atom. The fourth-order valence-electron chi connectivity index (χ4n) is 1.68. The molecule has 0 saturated heterocycles. The lowest BCUT2D eigenvalue weighted by Crippen LogP contribution is -2.02. The summed E-state index contributed by atoms with van der Waals surface area (Å²) in [6.07, 6.45) is 1.71. The Bertz CT molecular complexity index is 601. The molecule has 1 aromatic carbocycles. The predicted molar refractivity (Wildman–Crippen MR) is 78.1 cm³/mol. The molecule has 0 fully saturated rings. The molecule has 5 heteroatoms. The third-order valence-corrected chi connectivity index (χ3v) is 3.84. The van der Waals surface area contributed by atoms with E-state index in [0.717, 1.165) is 16.2 Å². The summed E-state index contributed by atoms with van der Waals surface area (Å²) in [4.78, 5) is 16.6. The molecular formula is C15H15NO3S. The molecule has 0 atom stereocenters. The number of rotatable bonds is 5. The number of ether oxygens (including phenoxy) is 2. The summed E-state index contributed by atoms with van der Waals surface area (Å²) in [6.45, 7) is 0. The molecule has 2 rings (SSSR count). The molecule has 0 aliphatic carbocycles. The van der Waals surface area contributed by atoms with Crippen LogP contribution in [-0.4, -0.2) is 25.2 Å². The van der Waals surface area contributed by atoms with E-state index < -0.39 is 0 Å². The summed E-state index contributed by atoms with van der Waals surface area (Å²) in [5.41, 5.74) is 1.67. The van der Waals surface area contributed by atoms with Gasteiger partial charge in [0.2, 0.25) is 5.88 Å². The fourth-order valence-corrected chi connectivity index (χ4v) is 2.67. The molecule has 0 unspecified atom stereocenters. The Balaban J connectivity index is 2.12. The van der Waals surface area contributed by atoms with E-state index >= 15 is 0 Å². The van der Waals surface area contributed by atoms with E-state index in [1.54, 1.807) is 31.1 Å². The zero-order chi connectivity index (χ0) is 14.4. The van der Waals surface area contributed by atoms with Crippen LogP contribution in [0.4, 0.5) is 0 Å². The molecule has 0 amide bonds. The summed E-state index contributed by atoms with van der Waals surface area (Å²) in [7, 11) is 2.98. The molecule has 104 valence electrons. The second-order valence-corrected chi connectivity index (χ2v) is 5.00. The number of carbonyl (C=O) groups excluding carboxylic acids is 1. The zero-order valence-corrected chi connectivity index (χ0v) is 12.1. The van der Waals surface area contributed by atoms with Gasteiger partial charge in [0.05, 0.1) is 19.8 Å². The van der Waals surface area contributed by atoms with E-state index in [1.165, 1.54) is 7.11 Å². The van der Waals surface area contributed by atoms with Crippen molar-refractivity contribution in [3.63, 3.8) is 0 Å². The van der Waals surface area contributed by atoms with Crippen LogP contribution in [0.2, 0.25) is 0 Å². The number of benzene rings is 1. The first-order chi connectivity index (χ1) is 9.74. The minimum absolute atomic E-state index is 0.319. The Morgan fingerprint density at radius 3 is 2.80 bits per heavy atom. The maximum absolute atomic E-state index is 11.7. The van der Waals surface area contributed by atoms with Crippen LogP contribution in [0.1, 0.15) is 15.9 Å². The maximum atomic E-state index is 11.7. The molecule has 4 nitrogen and oxygen atoms in total. The number of methoxy groups -OCH3 is 2. The fraction of sp³-hybridized carbons (Fsp3) is 0.200. The normalized spacial score (nSPS) is 10.1. The van der Waals surface area contributed by atoms with E-state index in [1.807, 2.05) is 30.3 Å². The second kappa shape index (κ2) is 6.96. The Hall–Kier alpha value is -2.01. The van der Waals surface area contributed by atoms with Gasteiger partial charge in [0.1, 0.15) is 0 Å². The molecular weight excluding hydrogens is 274 g/mol. The van der Waals surface area contributed by atoms with Gasteiger partial charge < -0.3 is 9.47 Å². The van der Waals surface area contributed by atoms with Crippen molar-refractivity contribution in [3.8, 4) is 5.88 Å². The third kappa shape index (κ3) is 3.51. The van der Waals surface area contributed by atoms with E-state index in [4.69, 9.17) is 9.47 Å². The minimum atomic E-state index is -0.319. The van der Waals surface area contributed by atoms with Crippen LogP contribution in [0.15, 0.2) is 47.5 Å². The van der Waals surface area contributed by atoms with Gasteiger partial charge in [0.15, 0.2) is 0 Å². The molecule has 0 spiro atoms. The third-order valence-electron chi connectivity index (χ3n) is 2.70. The predicted octanol–water partition coefficient (Wildman–Crippen LogP) is 3.17. The average molecular weight is 289 g/mol. The van der Waals surface area contributed by atoms with Crippen molar-refractivity contribution >= 4 is 17.7 Å². The standard InChI is InChI=1S/C15H15NO3S/c1-18-14-9-11(7-8-16-14)10-20-13-6-4-3-5-12(13)15(17)19-2/h3-9H,10H2,1-2H3. The second-order valence-electron chi connectivity index (χ2n) is 3.98. The molecule has 1 heterocycles. The van der Waals surface area contributed by atoms with E-state index in [0.29, 0.717) is 11.4 Å². The monoisotopic (exact) mass is 289 g/mol. The van der Waals surface area contributed by atoms with Crippen molar-refractivity contribution in [2.24, 2.45) is 0 Å². The quantitative estimate of drug-likeness (QED) is 0.625.